The number of piperidine rings is 1. The highest BCUT2D eigenvalue weighted by molar-refractivity contribution is 5.67. The Bertz CT molecular complexity index is 812. The monoisotopic (exact) mass is 347 g/mol. The average molecular weight is 347 g/mol. The Morgan fingerprint density at radius 1 is 1.23 bits per heavy atom. The molecule has 1 saturated heterocycles. The fourth-order valence-electron chi connectivity index (χ4n) is 3.56. The van der Waals surface area contributed by atoms with Crippen LogP contribution in [0.15, 0.2) is 49.0 Å². The van der Waals surface area contributed by atoms with Crippen LogP contribution < -0.4 is 5.73 Å². The van der Waals surface area contributed by atoms with E-state index in [1.54, 1.807) is 7.11 Å². The lowest BCUT2D eigenvalue weighted by molar-refractivity contribution is 0.185. The van der Waals surface area contributed by atoms with Crippen molar-refractivity contribution in [1.29, 1.82) is 5.26 Å². The SMILES string of the molecule is C=C(c1ccc(COC)c(N)c1)N1CCC(c2ccc(C#N)cc2)CC1. The van der Waals surface area contributed by atoms with Crippen LogP contribution in [0.3, 0.4) is 0 Å². The van der Waals surface area contributed by atoms with Gasteiger partial charge in [0.15, 0.2) is 0 Å². The van der Waals surface area contributed by atoms with Crippen molar-refractivity contribution in [2.24, 2.45) is 0 Å². The number of rotatable bonds is 5. The minimum atomic E-state index is 0.522. The predicted octanol–water partition coefficient (Wildman–Crippen LogP) is 4.14. The number of anilines is 1. The van der Waals surface area contributed by atoms with Crippen LogP contribution >= 0.6 is 0 Å². The number of benzene rings is 2. The van der Waals surface area contributed by atoms with Crippen molar-refractivity contribution >= 4 is 11.4 Å². The van der Waals surface area contributed by atoms with Gasteiger partial charge in [-0.2, -0.15) is 5.26 Å². The summed E-state index contributed by atoms with van der Waals surface area (Å²) in [6.07, 6.45) is 2.17. The first kappa shape index (κ1) is 18.0. The summed E-state index contributed by atoms with van der Waals surface area (Å²) >= 11 is 0. The number of nitriles is 1. The quantitative estimate of drug-likeness (QED) is 0.826. The normalized spacial score (nSPS) is 14.8. The van der Waals surface area contributed by atoms with Crippen molar-refractivity contribution in [1.82, 2.24) is 4.90 Å². The molecule has 2 aromatic rings. The first-order valence-corrected chi connectivity index (χ1v) is 8.94. The third kappa shape index (κ3) is 3.89. The van der Waals surface area contributed by atoms with Gasteiger partial charge in [0.05, 0.1) is 18.2 Å². The standard InChI is InChI=1S/C22H25N3O/c1-16(20-7-8-21(15-26-2)22(24)13-20)25-11-9-19(10-12-25)18-5-3-17(14-23)4-6-18/h3-8,13,19H,1,9-12,15,24H2,2H3. The molecule has 0 aliphatic carbocycles. The van der Waals surface area contributed by atoms with Crippen molar-refractivity contribution in [2.75, 3.05) is 25.9 Å². The zero-order chi connectivity index (χ0) is 18.5. The molecule has 2 aromatic carbocycles. The van der Waals surface area contributed by atoms with Gasteiger partial charge < -0.3 is 15.4 Å². The van der Waals surface area contributed by atoms with Gasteiger partial charge >= 0.3 is 0 Å². The molecule has 1 aliphatic heterocycles. The average Bonchev–Trinajstić information content (AvgIpc) is 2.69. The summed E-state index contributed by atoms with van der Waals surface area (Å²) in [5.41, 5.74) is 12.0. The largest absolute Gasteiger partial charge is 0.398 e. The van der Waals surface area contributed by atoms with Crippen LogP contribution in [0, 0.1) is 11.3 Å². The van der Waals surface area contributed by atoms with E-state index in [0.29, 0.717) is 18.1 Å². The summed E-state index contributed by atoms with van der Waals surface area (Å²) in [5, 5.41) is 8.93. The van der Waals surface area contributed by atoms with Crippen molar-refractivity contribution in [3.63, 3.8) is 0 Å². The number of nitrogen functional groups attached to an aromatic ring is 1. The molecule has 0 amide bonds. The molecule has 1 aliphatic rings. The fourth-order valence-corrected chi connectivity index (χ4v) is 3.56. The van der Waals surface area contributed by atoms with E-state index in [1.165, 1.54) is 5.56 Å². The minimum Gasteiger partial charge on any atom is -0.398 e. The fraction of sp³-hybridized carbons (Fsp3) is 0.318. The summed E-state index contributed by atoms with van der Waals surface area (Å²) in [6.45, 7) is 6.76. The number of likely N-dealkylation sites (tertiary alicyclic amines) is 1. The molecular weight excluding hydrogens is 322 g/mol. The number of hydrogen-bond donors (Lipinski definition) is 1. The molecule has 2 N–H and O–H groups in total. The molecule has 4 nitrogen and oxygen atoms in total. The Hall–Kier alpha value is -2.77. The highest BCUT2D eigenvalue weighted by atomic mass is 16.5. The molecule has 0 aromatic heterocycles. The van der Waals surface area contributed by atoms with Crippen molar-refractivity contribution in [3.05, 3.63) is 71.3 Å². The number of nitrogens with two attached hydrogens (primary N) is 1. The molecule has 0 atom stereocenters. The van der Waals surface area contributed by atoms with Crippen molar-refractivity contribution < 1.29 is 4.74 Å². The first-order valence-electron chi connectivity index (χ1n) is 8.94. The van der Waals surface area contributed by atoms with Crippen LogP contribution in [0.2, 0.25) is 0 Å². The van der Waals surface area contributed by atoms with Crippen LogP contribution in [-0.4, -0.2) is 25.1 Å². The van der Waals surface area contributed by atoms with E-state index in [4.69, 9.17) is 15.7 Å². The number of nitrogens with zero attached hydrogens (tertiary/aromatic N) is 2. The Morgan fingerprint density at radius 2 is 1.92 bits per heavy atom. The lowest BCUT2D eigenvalue weighted by Crippen LogP contribution is -2.31. The number of hydrogen-bond acceptors (Lipinski definition) is 4. The second-order valence-corrected chi connectivity index (χ2v) is 6.79. The highest BCUT2D eigenvalue weighted by Gasteiger charge is 2.22. The highest BCUT2D eigenvalue weighted by Crippen LogP contribution is 2.32. The van der Waals surface area contributed by atoms with E-state index in [2.05, 4.69) is 35.7 Å². The Morgan fingerprint density at radius 3 is 2.50 bits per heavy atom. The molecule has 0 bridgehead atoms. The zero-order valence-corrected chi connectivity index (χ0v) is 15.2. The topological polar surface area (TPSA) is 62.3 Å². The maximum atomic E-state index is 8.93. The molecule has 1 fully saturated rings. The van der Waals surface area contributed by atoms with Gasteiger partial charge in [0.25, 0.3) is 0 Å². The summed E-state index contributed by atoms with van der Waals surface area (Å²) in [5.74, 6) is 0.543. The minimum absolute atomic E-state index is 0.522. The maximum absolute atomic E-state index is 8.93. The van der Waals surface area contributed by atoms with Crippen LogP contribution in [-0.2, 0) is 11.3 Å². The van der Waals surface area contributed by atoms with Gasteiger partial charge in [0.1, 0.15) is 0 Å². The number of methoxy groups -OCH3 is 1. The molecule has 3 rings (SSSR count). The Kier molecular flexibility index (Phi) is 5.60. The first-order chi connectivity index (χ1) is 12.6. The zero-order valence-electron chi connectivity index (χ0n) is 15.2. The van der Waals surface area contributed by atoms with Gasteiger partial charge in [-0.05, 0) is 48.1 Å². The lowest BCUT2D eigenvalue weighted by Gasteiger charge is -2.35. The third-order valence-electron chi connectivity index (χ3n) is 5.17. The van der Waals surface area contributed by atoms with E-state index >= 15 is 0 Å². The summed E-state index contributed by atoms with van der Waals surface area (Å²) in [6, 6.07) is 16.2. The Balaban J connectivity index is 1.63. The molecule has 134 valence electrons. The molecule has 1 heterocycles. The van der Waals surface area contributed by atoms with Crippen molar-refractivity contribution in [2.45, 2.75) is 25.4 Å². The maximum Gasteiger partial charge on any atom is 0.0991 e. The Labute approximate surface area is 155 Å². The van der Waals surface area contributed by atoms with E-state index in [9.17, 15) is 0 Å². The molecule has 0 saturated carbocycles. The molecule has 26 heavy (non-hydrogen) atoms. The lowest BCUT2D eigenvalue weighted by atomic mass is 9.88. The second-order valence-electron chi connectivity index (χ2n) is 6.79. The molecule has 0 radical (unpaired) electrons. The van der Waals surface area contributed by atoms with Gasteiger partial charge in [-0.15, -0.1) is 0 Å². The number of ether oxygens (including phenoxy) is 1. The molecule has 0 spiro atoms. The van der Waals surface area contributed by atoms with E-state index < -0.39 is 0 Å². The van der Waals surface area contributed by atoms with Crippen LogP contribution in [0.5, 0.6) is 0 Å². The van der Waals surface area contributed by atoms with Gasteiger partial charge in [-0.25, -0.2) is 0 Å². The van der Waals surface area contributed by atoms with Gasteiger partial charge in [0.2, 0.25) is 0 Å². The summed E-state index contributed by atoms with van der Waals surface area (Å²) < 4.78 is 5.16. The third-order valence-corrected chi connectivity index (χ3v) is 5.17. The second kappa shape index (κ2) is 8.07. The predicted molar refractivity (Wildman–Crippen MR) is 105 cm³/mol. The van der Waals surface area contributed by atoms with E-state index in [-0.39, 0.29) is 0 Å². The molecular formula is C22H25N3O. The van der Waals surface area contributed by atoms with Crippen LogP contribution in [0.25, 0.3) is 5.70 Å². The van der Waals surface area contributed by atoms with Crippen LogP contribution in [0.1, 0.15) is 41.0 Å². The van der Waals surface area contributed by atoms with Gasteiger partial charge in [0, 0.05) is 37.1 Å². The van der Waals surface area contributed by atoms with Crippen molar-refractivity contribution in [3.8, 4) is 6.07 Å². The molecule has 4 heteroatoms. The summed E-state index contributed by atoms with van der Waals surface area (Å²) in [7, 11) is 1.67. The van der Waals surface area contributed by atoms with Crippen LogP contribution in [0.4, 0.5) is 5.69 Å². The van der Waals surface area contributed by atoms with E-state index in [0.717, 1.165) is 48.4 Å². The van der Waals surface area contributed by atoms with Gasteiger partial charge in [-0.1, -0.05) is 30.8 Å². The smallest absolute Gasteiger partial charge is 0.0991 e. The van der Waals surface area contributed by atoms with Gasteiger partial charge in [-0.3, -0.25) is 0 Å². The molecule has 0 unspecified atom stereocenters. The van der Waals surface area contributed by atoms with E-state index in [1.807, 2.05) is 24.3 Å². The summed E-state index contributed by atoms with van der Waals surface area (Å²) in [4.78, 5) is 2.34.